The number of hydrogen-bond donors (Lipinski definition) is 1. The van der Waals surface area contributed by atoms with E-state index in [1.54, 1.807) is 0 Å². The molecular weight excluding hydrogens is 242 g/mol. The number of nitrogens with one attached hydrogen (secondary N) is 1. The van der Waals surface area contributed by atoms with Gasteiger partial charge in [0.25, 0.3) is 0 Å². The van der Waals surface area contributed by atoms with Crippen molar-refractivity contribution in [1.82, 2.24) is 5.32 Å². The molecule has 0 fully saturated rings. The van der Waals surface area contributed by atoms with Crippen molar-refractivity contribution in [2.24, 2.45) is 5.92 Å². The van der Waals surface area contributed by atoms with Crippen LogP contribution < -0.4 is 5.32 Å². The van der Waals surface area contributed by atoms with Gasteiger partial charge in [0.05, 0.1) is 19.8 Å². The van der Waals surface area contributed by atoms with Crippen molar-refractivity contribution in [2.45, 2.75) is 46.5 Å². The van der Waals surface area contributed by atoms with Gasteiger partial charge in [0, 0.05) is 25.5 Å². The number of carbonyl (C=O) groups is 1. The number of rotatable bonds is 14. The minimum Gasteiger partial charge on any atom is -0.379 e. The molecule has 0 aromatic heterocycles. The quantitative estimate of drug-likeness (QED) is 0.494. The summed E-state index contributed by atoms with van der Waals surface area (Å²) in [7, 11) is 0. The first kappa shape index (κ1) is 18.6. The molecule has 0 saturated heterocycles. The molecule has 4 heteroatoms. The number of unbranched alkanes of at least 4 members (excludes halogenated alkanes) is 2. The minimum absolute atomic E-state index is 0.176. The van der Waals surface area contributed by atoms with Crippen molar-refractivity contribution in [3.63, 3.8) is 0 Å². The molecule has 0 aromatic rings. The van der Waals surface area contributed by atoms with Crippen LogP contribution in [0.4, 0.5) is 0 Å². The van der Waals surface area contributed by atoms with Gasteiger partial charge in [-0.15, -0.1) is 0 Å². The van der Waals surface area contributed by atoms with Crippen molar-refractivity contribution in [2.75, 3.05) is 39.5 Å². The predicted molar refractivity (Wildman–Crippen MR) is 78.5 cm³/mol. The standard InChI is InChI=1S/C15H31NO3/c1-4-16-9-11-19-13-12-18-10-7-5-6-8-15(17)14(2)3/h14,16H,4-13H2,1-3H3. The minimum atomic E-state index is 0.176. The third-order valence-electron chi connectivity index (χ3n) is 2.90. The van der Waals surface area contributed by atoms with E-state index in [0.29, 0.717) is 25.4 Å². The Labute approximate surface area is 118 Å². The summed E-state index contributed by atoms with van der Waals surface area (Å²) in [6.07, 6.45) is 3.80. The summed E-state index contributed by atoms with van der Waals surface area (Å²) >= 11 is 0. The van der Waals surface area contributed by atoms with Gasteiger partial charge >= 0.3 is 0 Å². The molecule has 0 amide bonds. The molecule has 0 aromatic carbocycles. The van der Waals surface area contributed by atoms with Gasteiger partial charge in [-0.3, -0.25) is 4.79 Å². The van der Waals surface area contributed by atoms with Gasteiger partial charge in [-0.2, -0.15) is 0 Å². The Morgan fingerprint density at radius 2 is 1.68 bits per heavy atom. The summed E-state index contributed by atoms with van der Waals surface area (Å²) in [4.78, 5) is 11.4. The number of ether oxygens (including phenoxy) is 2. The molecule has 1 N–H and O–H groups in total. The molecule has 0 bridgehead atoms. The highest BCUT2D eigenvalue weighted by Crippen LogP contribution is 2.06. The van der Waals surface area contributed by atoms with Crippen LogP contribution in [-0.2, 0) is 14.3 Å². The fraction of sp³-hybridized carbons (Fsp3) is 0.933. The van der Waals surface area contributed by atoms with E-state index in [-0.39, 0.29) is 5.92 Å². The van der Waals surface area contributed by atoms with Crippen LogP contribution in [0.1, 0.15) is 46.5 Å². The average Bonchev–Trinajstić information content (AvgIpc) is 2.39. The molecule has 0 radical (unpaired) electrons. The van der Waals surface area contributed by atoms with Gasteiger partial charge in [-0.05, 0) is 19.4 Å². The fourth-order valence-electron chi connectivity index (χ4n) is 1.61. The summed E-state index contributed by atoms with van der Waals surface area (Å²) in [5, 5.41) is 3.20. The highest BCUT2D eigenvalue weighted by molar-refractivity contribution is 5.80. The summed E-state index contributed by atoms with van der Waals surface area (Å²) < 4.78 is 10.9. The third-order valence-corrected chi connectivity index (χ3v) is 2.90. The van der Waals surface area contributed by atoms with Gasteiger partial charge in [0.1, 0.15) is 5.78 Å². The van der Waals surface area contributed by atoms with Gasteiger partial charge < -0.3 is 14.8 Å². The lowest BCUT2D eigenvalue weighted by molar-refractivity contribution is -0.122. The highest BCUT2D eigenvalue weighted by Gasteiger charge is 2.05. The average molecular weight is 273 g/mol. The topological polar surface area (TPSA) is 47.6 Å². The van der Waals surface area contributed by atoms with Crippen molar-refractivity contribution in [3.05, 3.63) is 0 Å². The Morgan fingerprint density at radius 1 is 1.00 bits per heavy atom. The molecule has 0 spiro atoms. The molecule has 19 heavy (non-hydrogen) atoms. The lowest BCUT2D eigenvalue weighted by Crippen LogP contribution is -2.20. The summed E-state index contributed by atoms with van der Waals surface area (Å²) in [6.45, 7) is 10.7. The van der Waals surface area contributed by atoms with Crippen molar-refractivity contribution < 1.29 is 14.3 Å². The molecule has 0 atom stereocenters. The number of carbonyl (C=O) groups excluding carboxylic acids is 1. The molecule has 0 rings (SSSR count). The lowest BCUT2D eigenvalue weighted by atomic mass is 10.0. The van der Waals surface area contributed by atoms with Crippen molar-refractivity contribution in [1.29, 1.82) is 0 Å². The van der Waals surface area contributed by atoms with Crippen LogP contribution in [0.3, 0.4) is 0 Å². The molecule has 0 unspecified atom stereocenters. The van der Waals surface area contributed by atoms with Crippen LogP contribution >= 0.6 is 0 Å². The second kappa shape index (κ2) is 14.0. The van der Waals surface area contributed by atoms with Crippen molar-refractivity contribution >= 4 is 5.78 Å². The van der Waals surface area contributed by atoms with E-state index in [9.17, 15) is 4.79 Å². The molecule has 0 aliphatic carbocycles. The zero-order chi connectivity index (χ0) is 14.3. The van der Waals surface area contributed by atoms with Crippen molar-refractivity contribution in [3.8, 4) is 0 Å². The maximum Gasteiger partial charge on any atom is 0.135 e. The highest BCUT2D eigenvalue weighted by atomic mass is 16.5. The van der Waals surface area contributed by atoms with E-state index in [1.807, 2.05) is 13.8 Å². The van der Waals surface area contributed by atoms with E-state index in [0.717, 1.165) is 45.6 Å². The maximum atomic E-state index is 11.4. The molecular formula is C15H31NO3. The predicted octanol–water partition coefficient (Wildman–Crippen LogP) is 2.41. The van der Waals surface area contributed by atoms with Crippen LogP contribution in [0.15, 0.2) is 0 Å². The monoisotopic (exact) mass is 273 g/mol. The second-order valence-corrected chi connectivity index (χ2v) is 5.01. The summed E-state index contributed by atoms with van der Waals surface area (Å²) in [6, 6.07) is 0. The zero-order valence-electron chi connectivity index (χ0n) is 12.9. The molecule has 4 nitrogen and oxygen atoms in total. The van der Waals surface area contributed by atoms with E-state index in [1.165, 1.54) is 0 Å². The molecule has 0 aliphatic rings. The smallest absolute Gasteiger partial charge is 0.135 e. The van der Waals surface area contributed by atoms with Gasteiger partial charge in [-0.25, -0.2) is 0 Å². The second-order valence-electron chi connectivity index (χ2n) is 5.01. The third kappa shape index (κ3) is 13.8. The SMILES string of the molecule is CCNCCOCCOCCCCCC(=O)C(C)C. The first-order chi connectivity index (χ1) is 9.18. The van der Waals surface area contributed by atoms with Crippen LogP contribution in [0, 0.1) is 5.92 Å². The lowest BCUT2D eigenvalue weighted by Gasteiger charge is -2.06. The Kier molecular flexibility index (Phi) is 13.6. The zero-order valence-corrected chi connectivity index (χ0v) is 12.9. The molecule has 114 valence electrons. The van der Waals surface area contributed by atoms with Crippen LogP contribution in [0.2, 0.25) is 0 Å². The maximum absolute atomic E-state index is 11.4. The molecule has 0 aliphatic heterocycles. The Balaban J connectivity index is 3.05. The Bertz CT molecular complexity index is 208. The fourth-order valence-corrected chi connectivity index (χ4v) is 1.61. The van der Waals surface area contributed by atoms with E-state index >= 15 is 0 Å². The number of hydrogen-bond acceptors (Lipinski definition) is 4. The Morgan fingerprint density at radius 3 is 2.32 bits per heavy atom. The summed E-state index contributed by atoms with van der Waals surface area (Å²) in [5.74, 6) is 0.547. The molecule has 0 heterocycles. The number of ketones is 1. The summed E-state index contributed by atoms with van der Waals surface area (Å²) in [5.41, 5.74) is 0. The van der Waals surface area contributed by atoms with E-state index < -0.39 is 0 Å². The first-order valence-electron chi connectivity index (χ1n) is 7.57. The van der Waals surface area contributed by atoms with Crippen LogP contribution in [-0.4, -0.2) is 45.3 Å². The van der Waals surface area contributed by atoms with Gasteiger partial charge in [0.2, 0.25) is 0 Å². The van der Waals surface area contributed by atoms with Crippen LogP contribution in [0.25, 0.3) is 0 Å². The van der Waals surface area contributed by atoms with E-state index in [4.69, 9.17) is 9.47 Å². The number of Topliss-reactive ketones (excluding diaryl/α,β-unsaturated/α-hetero) is 1. The van der Waals surface area contributed by atoms with Gasteiger partial charge in [-0.1, -0.05) is 27.2 Å². The normalized spacial score (nSPS) is 11.2. The van der Waals surface area contributed by atoms with Gasteiger partial charge in [0.15, 0.2) is 0 Å². The largest absolute Gasteiger partial charge is 0.379 e. The first-order valence-corrected chi connectivity index (χ1v) is 7.57. The van der Waals surface area contributed by atoms with E-state index in [2.05, 4.69) is 12.2 Å². The number of likely N-dealkylation sites (N-methyl/N-ethyl adjacent to an activating group) is 1. The Hall–Kier alpha value is -0.450. The molecule has 0 saturated carbocycles. The van der Waals surface area contributed by atoms with Crippen LogP contribution in [0.5, 0.6) is 0 Å².